The zero-order chi connectivity index (χ0) is 29.8. The summed E-state index contributed by atoms with van der Waals surface area (Å²) in [7, 11) is 0. The fourth-order valence-corrected chi connectivity index (χ4v) is 5.34. The van der Waals surface area contributed by atoms with Gasteiger partial charge in [-0.25, -0.2) is 24.0 Å². The fraction of sp³-hybridized carbons (Fsp3) is 0.400. The molecule has 0 atom stereocenters. The standard InChI is InChI=1S/C40H54.2Y/c1-31(19-13-21-33(3)25-27-37-35(5)23-15-29-39(37,7)8)17-11-12-18-32(2)20-14-22-34(4)26-28-38-36(6)24-16-30-40(38,9)10;;/h11-14,17-28H,15-16,29-30H2,1-10H3;;/q-2;;/b12-11+,19-13+,20-14+,27-25+,28-26+,31-17+,32-18+,33-21+,34-22+;;. The molecule has 2 radical (unpaired) electrons. The minimum absolute atomic E-state index is 0. The van der Waals surface area contributed by atoms with E-state index >= 15 is 0 Å². The van der Waals surface area contributed by atoms with E-state index < -0.39 is 0 Å². The third-order valence-electron chi connectivity index (χ3n) is 8.04. The Balaban J connectivity index is 0.00000840. The molecule has 2 heteroatoms. The van der Waals surface area contributed by atoms with E-state index in [1.165, 1.54) is 70.3 Å². The van der Waals surface area contributed by atoms with Gasteiger partial charge in [0.05, 0.1) is 0 Å². The van der Waals surface area contributed by atoms with Gasteiger partial charge in [0.1, 0.15) is 0 Å². The van der Waals surface area contributed by atoms with Crippen LogP contribution in [0.5, 0.6) is 0 Å². The predicted molar refractivity (Wildman–Crippen MR) is 181 cm³/mol. The third-order valence-corrected chi connectivity index (χ3v) is 8.04. The minimum Gasteiger partial charge on any atom is -0.227 e. The van der Waals surface area contributed by atoms with Crippen molar-refractivity contribution in [2.45, 2.75) is 94.9 Å². The second-order valence-corrected chi connectivity index (χ2v) is 12.9. The smallest absolute Gasteiger partial charge is 0 e. The summed E-state index contributed by atoms with van der Waals surface area (Å²) >= 11 is 0. The Morgan fingerprint density at radius 2 is 0.833 bits per heavy atom. The Kier molecular flexibility index (Phi) is 19.7. The second kappa shape index (κ2) is 20.2. The summed E-state index contributed by atoms with van der Waals surface area (Å²) in [5.41, 5.74) is 11.3. The van der Waals surface area contributed by atoms with E-state index in [0.29, 0.717) is 0 Å². The summed E-state index contributed by atoms with van der Waals surface area (Å²) in [6.07, 6.45) is 40.1. The van der Waals surface area contributed by atoms with E-state index in [4.69, 9.17) is 0 Å². The van der Waals surface area contributed by atoms with E-state index in [-0.39, 0.29) is 76.2 Å². The van der Waals surface area contributed by atoms with Crippen LogP contribution in [-0.4, -0.2) is 0 Å². The first-order valence-corrected chi connectivity index (χ1v) is 15.0. The summed E-state index contributed by atoms with van der Waals surface area (Å²) in [6, 6.07) is 0. The summed E-state index contributed by atoms with van der Waals surface area (Å²) in [4.78, 5) is 0. The summed E-state index contributed by atoms with van der Waals surface area (Å²) in [6.45, 7) is 22.5. The molecule has 222 valence electrons. The van der Waals surface area contributed by atoms with Crippen LogP contribution in [0.4, 0.5) is 0 Å². The SMILES string of the molecule is CC1=C(/C=C/C(C)=C/C=C/C(C)=C/C=C/C=C(C)/C=C/C=C(C)/C=C/C2=C(C)[CH-]CCC2(C)C)C(C)(C)CC[CH-]1.[Y].[Y]. The first kappa shape index (κ1) is 41.1. The van der Waals surface area contributed by atoms with Crippen molar-refractivity contribution in [3.63, 3.8) is 0 Å². The average molecular weight is 713 g/mol. The third kappa shape index (κ3) is 14.7. The first-order valence-electron chi connectivity index (χ1n) is 15.0. The van der Waals surface area contributed by atoms with Crippen molar-refractivity contribution in [2.24, 2.45) is 10.8 Å². The molecule has 0 bridgehead atoms. The van der Waals surface area contributed by atoms with Crippen molar-refractivity contribution < 1.29 is 65.4 Å². The number of hydrogen-bond acceptors (Lipinski definition) is 0. The van der Waals surface area contributed by atoms with E-state index in [0.717, 1.165) is 0 Å². The fourth-order valence-electron chi connectivity index (χ4n) is 5.34. The van der Waals surface area contributed by atoms with Crippen molar-refractivity contribution in [3.8, 4) is 0 Å². The molecule has 0 nitrogen and oxygen atoms in total. The van der Waals surface area contributed by atoms with Gasteiger partial charge in [-0.15, -0.1) is 25.0 Å². The molecule has 0 heterocycles. The Bertz CT molecular complexity index is 1130. The Morgan fingerprint density at radius 1 is 0.524 bits per heavy atom. The van der Waals surface area contributed by atoms with E-state index in [1.807, 2.05) is 0 Å². The van der Waals surface area contributed by atoms with Gasteiger partial charge in [-0.05, 0) is 27.7 Å². The number of hydrogen-bond donors (Lipinski definition) is 0. The van der Waals surface area contributed by atoms with Gasteiger partial charge in [-0.3, -0.25) is 0 Å². The number of rotatable bonds is 10. The molecule has 0 unspecified atom stereocenters. The van der Waals surface area contributed by atoms with Gasteiger partial charge in [0.15, 0.2) is 0 Å². The van der Waals surface area contributed by atoms with Crippen LogP contribution in [0.3, 0.4) is 0 Å². The summed E-state index contributed by atoms with van der Waals surface area (Å²) in [5.74, 6) is 0. The zero-order valence-corrected chi connectivity index (χ0v) is 33.9. The quantitative estimate of drug-likeness (QED) is 0.156. The van der Waals surface area contributed by atoms with Gasteiger partial charge in [-0.2, -0.15) is 11.1 Å². The van der Waals surface area contributed by atoms with Gasteiger partial charge < -0.3 is 0 Å². The summed E-state index contributed by atoms with van der Waals surface area (Å²) < 4.78 is 0. The topological polar surface area (TPSA) is 0 Å². The molecule has 2 rings (SSSR count). The van der Waals surface area contributed by atoms with Crippen LogP contribution in [-0.2, 0) is 65.4 Å². The molecule has 2 aliphatic carbocycles. The van der Waals surface area contributed by atoms with Crippen LogP contribution in [0.15, 0.2) is 130 Å². The van der Waals surface area contributed by atoms with E-state index in [1.54, 1.807) is 0 Å². The maximum atomic E-state index is 2.37. The van der Waals surface area contributed by atoms with Gasteiger partial charge in [0.25, 0.3) is 0 Å². The van der Waals surface area contributed by atoms with Crippen LogP contribution in [0.1, 0.15) is 94.9 Å². The van der Waals surface area contributed by atoms with Crippen LogP contribution >= 0.6 is 0 Å². The van der Waals surface area contributed by atoms with Crippen LogP contribution in [0.2, 0.25) is 0 Å². The zero-order valence-electron chi connectivity index (χ0n) is 28.2. The molecule has 0 aromatic rings. The van der Waals surface area contributed by atoms with Gasteiger partial charge in [0.2, 0.25) is 0 Å². The van der Waals surface area contributed by atoms with Crippen molar-refractivity contribution in [3.05, 3.63) is 142 Å². The van der Waals surface area contributed by atoms with Crippen LogP contribution < -0.4 is 0 Å². The molecular formula is C40H54Y2-2. The predicted octanol–water partition coefficient (Wildman–Crippen LogP) is 12.2. The average Bonchev–Trinajstić information content (AvgIpc) is 2.85. The van der Waals surface area contributed by atoms with Crippen LogP contribution in [0, 0.1) is 23.7 Å². The molecule has 0 aliphatic heterocycles. The van der Waals surface area contributed by atoms with Crippen molar-refractivity contribution in [1.82, 2.24) is 0 Å². The summed E-state index contributed by atoms with van der Waals surface area (Å²) in [5, 5.41) is 0. The van der Waals surface area contributed by atoms with Crippen molar-refractivity contribution in [2.75, 3.05) is 0 Å². The molecule has 0 fully saturated rings. The van der Waals surface area contributed by atoms with Crippen molar-refractivity contribution >= 4 is 0 Å². The minimum atomic E-state index is 0. The molecule has 0 N–H and O–H groups in total. The first-order chi connectivity index (χ1) is 18.8. The molecule has 0 saturated carbocycles. The maximum Gasteiger partial charge on any atom is 0 e. The largest absolute Gasteiger partial charge is 0.227 e. The molecule has 42 heavy (non-hydrogen) atoms. The second-order valence-electron chi connectivity index (χ2n) is 12.9. The van der Waals surface area contributed by atoms with E-state index in [9.17, 15) is 0 Å². The van der Waals surface area contributed by atoms with Gasteiger partial charge in [-0.1, -0.05) is 160 Å². The van der Waals surface area contributed by atoms with E-state index in [2.05, 4.69) is 167 Å². The van der Waals surface area contributed by atoms with Crippen LogP contribution in [0.25, 0.3) is 0 Å². The molecule has 0 spiro atoms. The Hall–Kier alpha value is -0.912. The normalized spacial score (nSPS) is 20.5. The molecular weight excluding hydrogens is 658 g/mol. The monoisotopic (exact) mass is 712 g/mol. The van der Waals surface area contributed by atoms with Gasteiger partial charge >= 0.3 is 0 Å². The van der Waals surface area contributed by atoms with Gasteiger partial charge in [0, 0.05) is 65.4 Å². The number of allylic oxidation sites excluding steroid dienone is 22. The maximum absolute atomic E-state index is 2.37. The van der Waals surface area contributed by atoms with Crippen molar-refractivity contribution in [1.29, 1.82) is 0 Å². The molecule has 0 amide bonds. The Morgan fingerprint density at radius 3 is 1.17 bits per heavy atom. The molecule has 0 aromatic heterocycles. The molecule has 0 aromatic carbocycles. The molecule has 0 saturated heterocycles. The Labute approximate surface area is 310 Å². The molecule has 2 aliphatic rings.